The summed E-state index contributed by atoms with van der Waals surface area (Å²) in [5.74, 6) is 1.56. The second-order valence-electron chi connectivity index (χ2n) is 7.46. The molecule has 1 aliphatic heterocycles. The van der Waals surface area contributed by atoms with Crippen LogP contribution in [0.5, 0.6) is 5.75 Å². The third kappa shape index (κ3) is 6.00. The lowest BCUT2D eigenvalue weighted by Crippen LogP contribution is -2.41. The zero-order chi connectivity index (χ0) is 17.7. The maximum atomic E-state index is 12.1. The Morgan fingerprint density at radius 1 is 1.29 bits per heavy atom. The van der Waals surface area contributed by atoms with Gasteiger partial charge >= 0.3 is 6.09 Å². The van der Waals surface area contributed by atoms with Gasteiger partial charge in [0.1, 0.15) is 11.4 Å². The number of carbonyl (C=O) groups excluding carboxylic acids is 1. The molecule has 1 saturated heterocycles. The molecule has 134 valence electrons. The molecule has 0 aromatic heterocycles. The largest absolute Gasteiger partial charge is 0.493 e. The van der Waals surface area contributed by atoms with Crippen molar-refractivity contribution in [2.24, 2.45) is 5.92 Å². The van der Waals surface area contributed by atoms with E-state index in [1.807, 2.05) is 37.8 Å². The maximum absolute atomic E-state index is 12.1. The molecule has 4 nitrogen and oxygen atoms in total. The number of rotatable bonds is 4. The SMILES string of the molecule is Cc1cc(Br)ccc1OCCC1CCN(C(=O)OC(C)(C)C)CC1. The van der Waals surface area contributed by atoms with Gasteiger partial charge in [0.2, 0.25) is 0 Å². The van der Waals surface area contributed by atoms with Crippen LogP contribution in [0.25, 0.3) is 0 Å². The molecule has 0 saturated carbocycles. The molecule has 1 amide bonds. The molecule has 2 rings (SSSR count). The van der Waals surface area contributed by atoms with Crippen molar-refractivity contribution in [3.63, 3.8) is 0 Å². The Morgan fingerprint density at radius 3 is 2.54 bits per heavy atom. The van der Waals surface area contributed by atoms with Gasteiger partial charge < -0.3 is 14.4 Å². The van der Waals surface area contributed by atoms with Gasteiger partial charge in [0.25, 0.3) is 0 Å². The molecule has 1 aliphatic rings. The van der Waals surface area contributed by atoms with Crippen LogP contribution in [-0.2, 0) is 4.74 Å². The molecule has 0 unspecified atom stereocenters. The summed E-state index contributed by atoms with van der Waals surface area (Å²) in [5.41, 5.74) is 0.716. The lowest BCUT2D eigenvalue weighted by molar-refractivity contribution is 0.0177. The number of benzene rings is 1. The van der Waals surface area contributed by atoms with E-state index in [-0.39, 0.29) is 6.09 Å². The average molecular weight is 398 g/mol. The van der Waals surface area contributed by atoms with Gasteiger partial charge in [0, 0.05) is 17.6 Å². The highest BCUT2D eigenvalue weighted by molar-refractivity contribution is 9.10. The average Bonchev–Trinajstić information content (AvgIpc) is 2.48. The van der Waals surface area contributed by atoms with Gasteiger partial charge in [-0.1, -0.05) is 15.9 Å². The quantitative estimate of drug-likeness (QED) is 0.702. The molecule has 0 radical (unpaired) electrons. The molecule has 0 spiro atoms. The first-order valence-electron chi connectivity index (χ1n) is 8.61. The minimum atomic E-state index is -0.426. The lowest BCUT2D eigenvalue weighted by Gasteiger charge is -2.33. The van der Waals surface area contributed by atoms with Crippen molar-refractivity contribution in [1.29, 1.82) is 0 Å². The number of hydrogen-bond acceptors (Lipinski definition) is 3. The molecule has 0 bridgehead atoms. The fourth-order valence-corrected chi connectivity index (χ4v) is 3.32. The van der Waals surface area contributed by atoms with E-state index in [4.69, 9.17) is 9.47 Å². The van der Waals surface area contributed by atoms with Crippen LogP contribution in [0.1, 0.15) is 45.6 Å². The normalized spacial score (nSPS) is 16.1. The van der Waals surface area contributed by atoms with Crippen molar-refractivity contribution >= 4 is 22.0 Å². The van der Waals surface area contributed by atoms with Crippen LogP contribution in [-0.4, -0.2) is 36.3 Å². The lowest BCUT2D eigenvalue weighted by atomic mass is 9.94. The summed E-state index contributed by atoms with van der Waals surface area (Å²) < 4.78 is 12.4. The highest BCUT2D eigenvalue weighted by Gasteiger charge is 2.26. The van der Waals surface area contributed by atoms with Crippen LogP contribution in [0.4, 0.5) is 4.79 Å². The third-order valence-corrected chi connectivity index (χ3v) is 4.68. The van der Waals surface area contributed by atoms with Gasteiger partial charge in [0.15, 0.2) is 0 Å². The summed E-state index contributed by atoms with van der Waals surface area (Å²) in [6, 6.07) is 6.07. The Kier molecular flexibility index (Phi) is 6.55. The summed E-state index contributed by atoms with van der Waals surface area (Å²) in [7, 11) is 0. The molecule has 1 fully saturated rings. The number of likely N-dealkylation sites (tertiary alicyclic amines) is 1. The van der Waals surface area contributed by atoms with Crippen molar-refractivity contribution < 1.29 is 14.3 Å². The second-order valence-corrected chi connectivity index (χ2v) is 8.37. The minimum Gasteiger partial charge on any atom is -0.493 e. The van der Waals surface area contributed by atoms with E-state index in [1.54, 1.807) is 0 Å². The molecule has 1 aromatic carbocycles. The zero-order valence-electron chi connectivity index (χ0n) is 15.1. The molecule has 5 heteroatoms. The number of amides is 1. The number of nitrogens with zero attached hydrogens (tertiary/aromatic N) is 1. The Morgan fingerprint density at radius 2 is 1.96 bits per heavy atom. The smallest absolute Gasteiger partial charge is 0.410 e. The van der Waals surface area contributed by atoms with E-state index in [2.05, 4.69) is 28.9 Å². The summed E-state index contributed by atoms with van der Waals surface area (Å²) in [6.07, 6.45) is 2.87. The number of hydrogen-bond donors (Lipinski definition) is 0. The molecular formula is C19H28BrNO3. The van der Waals surface area contributed by atoms with Crippen molar-refractivity contribution in [2.75, 3.05) is 19.7 Å². The van der Waals surface area contributed by atoms with Crippen LogP contribution in [0.2, 0.25) is 0 Å². The van der Waals surface area contributed by atoms with E-state index in [0.717, 1.165) is 54.7 Å². The number of aryl methyl sites for hydroxylation is 1. The highest BCUT2D eigenvalue weighted by Crippen LogP contribution is 2.25. The van der Waals surface area contributed by atoms with Crippen molar-refractivity contribution in [2.45, 2.75) is 52.6 Å². The molecule has 0 atom stereocenters. The van der Waals surface area contributed by atoms with Gasteiger partial charge in [-0.05, 0) is 76.6 Å². The van der Waals surface area contributed by atoms with Gasteiger partial charge in [-0.3, -0.25) is 0 Å². The van der Waals surface area contributed by atoms with E-state index in [0.29, 0.717) is 5.92 Å². The van der Waals surface area contributed by atoms with E-state index < -0.39 is 5.60 Å². The van der Waals surface area contributed by atoms with E-state index in [9.17, 15) is 4.79 Å². The van der Waals surface area contributed by atoms with Crippen LogP contribution in [0, 0.1) is 12.8 Å². The summed E-state index contributed by atoms with van der Waals surface area (Å²) >= 11 is 3.46. The number of carbonyl (C=O) groups is 1. The zero-order valence-corrected chi connectivity index (χ0v) is 16.7. The topological polar surface area (TPSA) is 38.8 Å². The summed E-state index contributed by atoms with van der Waals surface area (Å²) in [6.45, 7) is 10.0. The van der Waals surface area contributed by atoms with Crippen LogP contribution in [0.3, 0.4) is 0 Å². The monoisotopic (exact) mass is 397 g/mol. The Hall–Kier alpha value is -1.23. The van der Waals surface area contributed by atoms with Gasteiger partial charge in [-0.2, -0.15) is 0 Å². The van der Waals surface area contributed by atoms with Crippen molar-refractivity contribution in [3.8, 4) is 5.75 Å². The van der Waals surface area contributed by atoms with Crippen molar-refractivity contribution in [3.05, 3.63) is 28.2 Å². The Bertz CT molecular complexity index is 560. The fraction of sp³-hybridized carbons (Fsp3) is 0.632. The minimum absolute atomic E-state index is 0.192. The van der Waals surface area contributed by atoms with Crippen LogP contribution < -0.4 is 4.74 Å². The Balaban J connectivity index is 1.70. The van der Waals surface area contributed by atoms with Crippen LogP contribution in [0.15, 0.2) is 22.7 Å². The molecular weight excluding hydrogens is 370 g/mol. The first kappa shape index (κ1) is 19.1. The van der Waals surface area contributed by atoms with Gasteiger partial charge in [-0.15, -0.1) is 0 Å². The second kappa shape index (κ2) is 8.24. The molecule has 1 aromatic rings. The number of ether oxygens (including phenoxy) is 2. The predicted molar refractivity (Wildman–Crippen MR) is 99.5 cm³/mol. The predicted octanol–water partition coefficient (Wildman–Crippen LogP) is 5.17. The van der Waals surface area contributed by atoms with Gasteiger partial charge in [0.05, 0.1) is 6.61 Å². The summed E-state index contributed by atoms with van der Waals surface area (Å²) in [4.78, 5) is 13.9. The molecule has 0 aliphatic carbocycles. The number of halogens is 1. The van der Waals surface area contributed by atoms with Crippen molar-refractivity contribution in [1.82, 2.24) is 4.90 Å². The number of piperidine rings is 1. The first-order chi connectivity index (χ1) is 11.2. The molecule has 0 N–H and O–H groups in total. The summed E-state index contributed by atoms with van der Waals surface area (Å²) in [5, 5.41) is 0. The Labute approximate surface area is 153 Å². The first-order valence-corrected chi connectivity index (χ1v) is 9.41. The molecule has 1 heterocycles. The van der Waals surface area contributed by atoms with Gasteiger partial charge in [-0.25, -0.2) is 4.79 Å². The maximum Gasteiger partial charge on any atom is 0.410 e. The third-order valence-electron chi connectivity index (χ3n) is 4.19. The van der Waals surface area contributed by atoms with Crippen LogP contribution >= 0.6 is 15.9 Å². The standard InChI is InChI=1S/C19H28BrNO3/c1-14-13-16(20)5-6-17(14)23-12-9-15-7-10-21(11-8-15)18(22)24-19(2,3)4/h5-6,13,15H,7-12H2,1-4H3. The highest BCUT2D eigenvalue weighted by atomic mass is 79.9. The molecule has 24 heavy (non-hydrogen) atoms. The fourth-order valence-electron chi connectivity index (χ4n) is 2.84. The van der Waals surface area contributed by atoms with E-state index >= 15 is 0 Å². The van der Waals surface area contributed by atoms with E-state index in [1.165, 1.54) is 0 Å².